The molecule has 0 aliphatic carbocycles. The van der Waals surface area contributed by atoms with Crippen molar-refractivity contribution in [2.75, 3.05) is 13.1 Å². The predicted octanol–water partition coefficient (Wildman–Crippen LogP) is 2.37. The van der Waals surface area contributed by atoms with E-state index in [-0.39, 0.29) is 24.3 Å². The molecule has 0 spiro atoms. The van der Waals surface area contributed by atoms with E-state index in [1.807, 2.05) is 18.2 Å². The number of carbonyl (C=O) groups is 2. The number of nitrogens with one attached hydrogen (secondary N) is 1. The van der Waals surface area contributed by atoms with E-state index < -0.39 is 0 Å². The highest BCUT2D eigenvalue weighted by Gasteiger charge is 2.22. The van der Waals surface area contributed by atoms with Gasteiger partial charge in [0.25, 0.3) is 0 Å². The van der Waals surface area contributed by atoms with Crippen LogP contribution in [0.5, 0.6) is 0 Å². The van der Waals surface area contributed by atoms with Gasteiger partial charge >= 0.3 is 0 Å². The molecule has 1 N–H and O–H groups in total. The highest BCUT2D eigenvalue weighted by molar-refractivity contribution is 6.30. The van der Waals surface area contributed by atoms with Crippen LogP contribution in [0.4, 0.5) is 0 Å². The molecule has 0 bridgehead atoms. The number of hydrogen-bond acceptors (Lipinski definition) is 3. The quantitative estimate of drug-likeness (QED) is 0.861. The van der Waals surface area contributed by atoms with Crippen LogP contribution in [0.2, 0.25) is 5.02 Å². The number of likely N-dealkylation sites (tertiary alicyclic amines) is 1. The van der Waals surface area contributed by atoms with E-state index in [0.717, 1.165) is 5.56 Å². The largest absolute Gasteiger partial charge is 0.352 e. The van der Waals surface area contributed by atoms with Gasteiger partial charge in [-0.25, -0.2) is 0 Å². The van der Waals surface area contributed by atoms with Gasteiger partial charge in [0.05, 0.1) is 6.07 Å². The SMILES string of the molecule is N#CCC(=O)NC1CCN(C(=O)/C=C/c2cccc(Cl)c2)CC1. The lowest BCUT2D eigenvalue weighted by atomic mass is 10.0. The molecule has 2 rings (SSSR count). The topological polar surface area (TPSA) is 73.2 Å². The van der Waals surface area contributed by atoms with Crippen LogP contribution in [0.3, 0.4) is 0 Å². The Kier molecular flexibility index (Phi) is 6.19. The summed E-state index contributed by atoms with van der Waals surface area (Å²) in [6, 6.07) is 9.16. The highest BCUT2D eigenvalue weighted by Crippen LogP contribution is 2.14. The van der Waals surface area contributed by atoms with Crippen molar-refractivity contribution in [2.24, 2.45) is 0 Å². The zero-order valence-electron chi connectivity index (χ0n) is 12.7. The molecule has 6 heteroatoms. The third kappa shape index (κ3) is 5.42. The third-order valence-corrected chi connectivity index (χ3v) is 3.91. The van der Waals surface area contributed by atoms with Crippen LogP contribution < -0.4 is 5.32 Å². The highest BCUT2D eigenvalue weighted by atomic mass is 35.5. The molecule has 0 unspecified atom stereocenters. The molecule has 1 saturated heterocycles. The molecule has 0 atom stereocenters. The van der Waals surface area contributed by atoms with Crippen LogP contribution in [0, 0.1) is 11.3 Å². The van der Waals surface area contributed by atoms with Gasteiger partial charge in [0, 0.05) is 30.2 Å². The number of rotatable bonds is 4. The molecule has 1 fully saturated rings. The molecule has 23 heavy (non-hydrogen) atoms. The lowest BCUT2D eigenvalue weighted by Gasteiger charge is -2.31. The molecule has 1 heterocycles. The number of carbonyl (C=O) groups excluding carboxylic acids is 2. The first-order valence-electron chi connectivity index (χ1n) is 7.47. The van der Waals surface area contributed by atoms with Crippen LogP contribution in [0.15, 0.2) is 30.3 Å². The summed E-state index contributed by atoms with van der Waals surface area (Å²) >= 11 is 5.91. The van der Waals surface area contributed by atoms with Crippen molar-refractivity contribution in [3.8, 4) is 6.07 Å². The number of nitrogens with zero attached hydrogens (tertiary/aromatic N) is 2. The van der Waals surface area contributed by atoms with E-state index in [9.17, 15) is 9.59 Å². The van der Waals surface area contributed by atoms with E-state index >= 15 is 0 Å². The van der Waals surface area contributed by atoms with Crippen LogP contribution >= 0.6 is 11.6 Å². The number of halogens is 1. The van der Waals surface area contributed by atoms with Gasteiger partial charge in [-0.15, -0.1) is 0 Å². The molecule has 1 aliphatic rings. The molecule has 5 nitrogen and oxygen atoms in total. The van der Waals surface area contributed by atoms with Crippen molar-refractivity contribution in [3.05, 3.63) is 40.9 Å². The number of amides is 2. The Morgan fingerprint density at radius 2 is 2.13 bits per heavy atom. The maximum Gasteiger partial charge on any atom is 0.246 e. The normalized spacial score (nSPS) is 15.4. The second-order valence-electron chi connectivity index (χ2n) is 5.39. The summed E-state index contributed by atoms with van der Waals surface area (Å²) in [5.41, 5.74) is 0.879. The molecule has 1 aromatic carbocycles. The molecular weight excluding hydrogens is 314 g/mol. The second-order valence-corrected chi connectivity index (χ2v) is 5.83. The van der Waals surface area contributed by atoms with Crippen LogP contribution in [-0.2, 0) is 9.59 Å². The lowest BCUT2D eigenvalue weighted by molar-refractivity contribution is -0.127. The van der Waals surface area contributed by atoms with Gasteiger partial charge in [-0.05, 0) is 36.6 Å². The fourth-order valence-corrected chi connectivity index (χ4v) is 2.68. The predicted molar refractivity (Wildman–Crippen MR) is 88.5 cm³/mol. The van der Waals surface area contributed by atoms with Gasteiger partial charge in [-0.3, -0.25) is 9.59 Å². The Hall–Kier alpha value is -2.32. The fourth-order valence-electron chi connectivity index (χ4n) is 2.48. The monoisotopic (exact) mass is 331 g/mol. The summed E-state index contributed by atoms with van der Waals surface area (Å²) in [6.07, 6.45) is 4.57. The minimum Gasteiger partial charge on any atom is -0.352 e. The van der Waals surface area contributed by atoms with E-state index in [4.69, 9.17) is 16.9 Å². The first-order chi connectivity index (χ1) is 11.1. The van der Waals surface area contributed by atoms with Crippen LogP contribution in [0.1, 0.15) is 24.8 Å². The van der Waals surface area contributed by atoms with Gasteiger partial charge in [-0.2, -0.15) is 5.26 Å². The molecule has 0 saturated carbocycles. The zero-order valence-corrected chi connectivity index (χ0v) is 13.4. The van der Waals surface area contributed by atoms with Gasteiger partial charge in [-0.1, -0.05) is 23.7 Å². The zero-order chi connectivity index (χ0) is 16.7. The maximum atomic E-state index is 12.2. The van der Waals surface area contributed by atoms with Crippen LogP contribution in [-0.4, -0.2) is 35.8 Å². The minimum absolute atomic E-state index is 0.0387. The number of piperidine rings is 1. The van der Waals surface area contributed by atoms with Crippen molar-refractivity contribution >= 4 is 29.5 Å². The summed E-state index contributed by atoms with van der Waals surface area (Å²) in [5.74, 6) is -0.301. The van der Waals surface area contributed by atoms with Crippen molar-refractivity contribution in [3.63, 3.8) is 0 Å². The Morgan fingerprint density at radius 3 is 2.78 bits per heavy atom. The lowest BCUT2D eigenvalue weighted by Crippen LogP contribution is -2.46. The summed E-state index contributed by atoms with van der Waals surface area (Å²) < 4.78 is 0. The first-order valence-corrected chi connectivity index (χ1v) is 7.85. The molecule has 0 aromatic heterocycles. The first kappa shape index (κ1) is 17.0. The fraction of sp³-hybridized carbons (Fsp3) is 0.353. The van der Waals surface area contributed by atoms with Gasteiger partial charge in [0.1, 0.15) is 6.42 Å². The standard InChI is InChI=1S/C17H18ClN3O2/c18-14-3-1-2-13(12-14)4-5-17(23)21-10-7-15(8-11-21)20-16(22)6-9-19/h1-5,12,15H,6-8,10-11H2,(H,20,22)/b5-4+. The van der Waals surface area contributed by atoms with E-state index in [1.54, 1.807) is 29.2 Å². The summed E-state index contributed by atoms with van der Waals surface area (Å²) in [7, 11) is 0. The molecular formula is C17H18ClN3O2. The van der Waals surface area contributed by atoms with Crippen LogP contribution in [0.25, 0.3) is 6.08 Å². The Balaban J connectivity index is 1.82. The summed E-state index contributed by atoms with van der Waals surface area (Å²) in [6.45, 7) is 1.19. The van der Waals surface area contributed by atoms with Crippen molar-refractivity contribution < 1.29 is 9.59 Å². The van der Waals surface area contributed by atoms with Gasteiger partial charge in [0.2, 0.25) is 11.8 Å². The summed E-state index contributed by atoms with van der Waals surface area (Å²) in [5, 5.41) is 11.9. The van der Waals surface area contributed by atoms with Gasteiger partial charge in [0.15, 0.2) is 0 Å². The maximum absolute atomic E-state index is 12.2. The molecule has 1 aromatic rings. The number of benzene rings is 1. The average molecular weight is 332 g/mol. The average Bonchev–Trinajstić information content (AvgIpc) is 2.53. The summed E-state index contributed by atoms with van der Waals surface area (Å²) in [4.78, 5) is 25.3. The number of nitriles is 1. The third-order valence-electron chi connectivity index (χ3n) is 3.68. The Labute approximate surface area is 140 Å². The Morgan fingerprint density at radius 1 is 1.39 bits per heavy atom. The Bertz CT molecular complexity index is 643. The van der Waals surface area contributed by atoms with Crippen molar-refractivity contribution in [1.29, 1.82) is 5.26 Å². The van der Waals surface area contributed by atoms with Crippen molar-refractivity contribution in [1.82, 2.24) is 10.2 Å². The molecule has 1 aliphatic heterocycles. The van der Waals surface area contributed by atoms with Gasteiger partial charge < -0.3 is 10.2 Å². The molecule has 0 radical (unpaired) electrons. The number of hydrogen-bond donors (Lipinski definition) is 1. The smallest absolute Gasteiger partial charge is 0.246 e. The van der Waals surface area contributed by atoms with E-state index in [0.29, 0.717) is 31.0 Å². The van der Waals surface area contributed by atoms with Crippen molar-refractivity contribution in [2.45, 2.75) is 25.3 Å². The van der Waals surface area contributed by atoms with E-state index in [2.05, 4.69) is 5.32 Å². The molecule has 120 valence electrons. The van der Waals surface area contributed by atoms with E-state index in [1.165, 1.54) is 0 Å². The molecule has 2 amide bonds. The second kappa shape index (κ2) is 8.35. The minimum atomic E-state index is -0.252.